The van der Waals surface area contributed by atoms with Crippen LogP contribution in [0.1, 0.15) is 13.2 Å². The first-order valence-electron chi connectivity index (χ1n) is 7.06. The lowest BCUT2D eigenvalue weighted by Crippen LogP contribution is -2.33. The lowest BCUT2D eigenvalue weighted by atomic mass is 10.1. The molecule has 0 bridgehead atoms. The average Bonchev–Trinajstić information content (AvgIpc) is 3.08. The molecule has 1 aliphatic heterocycles. The molecule has 11 nitrogen and oxygen atoms in total. The van der Waals surface area contributed by atoms with Gasteiger partial charge < -0.3 is 25.8 Å². The second-order valence-electron chi connectivity index (χ2n) is 5.02. The summed E-state index contributed by atoms with van der Waals surface area (Å²) in [6.45, 7) is 1.86. The summed E-state index contributed by atoms with van der Waals surface area (Å²) in [6.07, 6.45) is -2.96. The fourth-order valence-electron chi connectivity index (χ4n) is 2.40. The average molecular weight is 323 g/mol. The third kappa shape index (κ3) is 2.63. The van der Waals surface area contributed by atoms with E-state index >= 15 is 0 Å². The Bertz CT molecular complexity index is 734. The smallest absolute Gasteiger partial charge is 0.272 e. The van der Waals surface area contributed by atoms with Gasteiger partial charge >= 0.3 is 0 Å². The Morgan fingerprint density at radius 1 is 1.35 bits per heavy atom. The van der Waals surface area contributed by atoms with Crippen LogP contribution in [-0.4, -0.2) is 66.3 Å². The number of imidazole rings is 1. The van der Waals surface area contributed by atoms with E-state index in [1.54, 1.807) is 0 Å². The summed E-state index contributed by atoms with van der Waals surface area (Å²) in [4.78, 5) is 12.3. The SMILES string of the molecule is CCN=Nc1nc(N)c2ncn(C3O[C@H](CO)[C@@H](O)[C@H]3O)c2n1. The van der Waals surface area contributed by atoms with Crippen LogP contribution in [0.3, 0.4) is 0 Å². The highest BCUT2D eigenvalue weighted by atomic mass is 16.6. The number of aliphatic hydroxyl groups excluding tert-OH is 3. The van der Waals surface area contributed by atoms with Crippen molar-refractivity contribution in [1.29, 1.82) is 0 Å². The highest BCUT2D eigenvalue weighted by molar-refractivity contribution is 5.82. The topological polar surface area (TPSA) is 164 Å². The summed E-state index contributed by atoms with van der Waals surface area (Å²) in [7, 11) is 0. The third-order valence-electron chi connectivity index (χ3n) is 3.53. The molecular formula is C12H17N7O4. The zero-order valence-corrected chi connectivity index (χ0v) is 12.3. The van der Waals surface area contributed by atoms with E-state index in [0.29, 0.717) is 12.1 Å². The van der Waals surface area contributed by atoms with Gasteiger partial charge in [0.2, 0.25) is 0 Å². The molecule has 2 aromatic heterocycles. The van der Waals surface area contributed by atoms with Crippen LogP contribution in [0, 0.1) is 0 Å². The number of azo groups is 1. The maximum atomic E-state index is 10.1. The lowest BCUT2D eigenvalue weighted by molar-refractivity contribution is -0.0511. The Morgan fingerprint density at radius 3 is 2.78 bits per heavy atom. The van der Waals surface area contributed by atoms with Crippen molar-refractivity contribution < 1.29 is 20.1 Å². The van der Waals surface area contributed by atoms with Crippen LogP contribution in [0.5, 0.6) is 0 Å². The molecule has 1 unspecified atom stereocenters. The zero-order chi connectivity index (χ0) is 16.6. The van der Waals surface area contributed by atoms with E-state index in [-0.39, 0.29) is 17.4 Å². The molecule has 3 heterocycles. The van der Waals surface area contributed by atoms with Crippen LogP contribution in [0.15, 0.2) is 16.6 Å². The Kier molecular flexibility index (Phi) is 4.17. The number of nitrogen functional groups attached to an aromatic ring is 1. The fourth-order valence-corrected chi connectivity index (χ4v) is 2.40. The van der Waals surface area contributed by atoms with Crippen LogP contribution in [0.2, 0.25) is 0 Å². The van der Waals surface area contributed by atoms with Crippen molar-refractivity contribution in [2.24, 2.45) is 10.2 Å². The largest absolute Gasteiger partial charge is 0.394 e. The Morgan fingerprint density at radius 2 is 2.13 bits per heavy atom. The summed E-state index contributed by atoms with van der Waals surface area (Å²) in [5.41, 5.74) is 6.44. The van der Waals surface area contributed by atoms with E-state index < -0.39 is 31.1 Å². The van der Waals surface area contributed by atoms with Crippen molar-refractivity contribution in [1.82, 2.24) is 19.5 Å². The van der Waals surface area contributed by atoms with E-state index in [2.05, 4.69) is 25.2 Å². The second kappa shape index (κ2) is 6.12. The summed E-state index contributed by atoms with van der Waals surface area (Å²) < 4.78 is 6.88. The molecule has 23 heavy (non-hydrogen) atoms. The van der Waals surface area contributed by atoms with Gasteiger partial charge in [0.05, 0.1) is 19.5 Å². The summed E-state index contributed by atoms with van der Waals surface area (Å²) in [6, 6.07) is 0. The molecule has 11 heteroatoms. The van der Waals surface area contributed by atoms with Gasteiger partial charge in [-0.1, -0.05) is 0 Å². The molecule has 0 spiro atoms. The summed E-state index contributed by atoms with van der Waals surface area (Å²) in [5, 5.41) is 36.8. The maximum Gasteiger partial charge on any atom is 0.272 e. The van der Waals surface area contributed by atoms with Gasteiger partial charge in [0.1, 0.15) is 23.8 Å². The highest BCUT2D eigenvalue weighted by Gasteiger charge is 2.44. The van der Waals surface area contributed by atoms with Crippen LogP contribution in [0.25, 0.3) is 11.2 Å². The molecule has 0 aromatic carbocycles. The number of ether oxygens (including phenoxy) is 1. The van der Waals surface area contributed by atoms with Crippen molar-refractivity contribution in [3.63, 3.8) is 0 Å². The first-order valence-corrected chi connectivity index (χ1v) is 7.06. The Labute approximate surface area is 130 Å². The van der Waals surface area contributed by atoms with Crippen molar-refractivity contribution in [3.05, 3.63) is 6.33 Å². The fraction of sp³-hybridized carbons (Fsp3) is 0.583. The predicted molar refractivity (Wildman–Crippen MR) is 77.8 cm³/mol. The number of nitrogens with zero attached hydrogens (tertiary/aromatic N) is 6. The first-order chi connectivity index (χ1) is 11.1. The number of aromatic nitrogens is 4. The number of aliphatic hydroxyl groups is 3. The minimum Gasteiger partial charge on any atom is -0.394 e. The Balaban J connectivity index is 2.05. The van der Waals surface area contributed by atoms with Crippen LogP contribution < -0.4 is 5.73 Å². The Hall–Kier alpha value is -2.21. The van der Waals surface area contributed by atoms with E-state index in [4.69, 9.17) is 10.5 Å². The van der Waals surface area contributed by atoms with Crippen LogP contribution in [0.4, 0.5) is 11.8 Å². The molecule has 124 valence electrons. The normalized spacial score (nSPS) is 28.2. The van der Waals surface area contributed by atoms with Gasteiger partial charge in [0.15, 0.2) is 17.7 Å². The molecule has 4 atom stereocenters. The van der Waals surface area contributed by atoms with Gasteiger partial charge in [0.25, 0.3) is 5.95 Å². The molecule has 1 aliphatic rings. The molecule has 0 saturated carbocycles. The van der Waals surface area contributed by atoms with Gasteiger partial charge in [-0.3, -0.25) is 4.57 Å². The molecule has 2 aromatic rings. The van der Waals surface area contributed by atoms with Crippen molar-refractivity contribution in [2.75, 3.05) is 18.9 Å². The molecule has 0 aliphatic carbocycles. The van der Waals surface area contributed by atoms with Crippen molar-refractivity contribution >= 4 is 22.9 Å². The monoisotopic (exact) mass is 323 g/mol. The molecule has 5 N–H and O–H groups in total. The minimum absolute atomic E-state index is 0.0605. The maximum absolute atomic E-state index is 10.1. The third-order valence-corrected chi connectivity index (χ3v) is 3.53. The lowest BCUT2D eigenvalue weighted by Gasteiger charge is -2.16. The van der Waals surface area contributed by atoms with Crippen LogP contribution in [-0.2, 0) is 4.74 Å². The van der Waals surface area contributed by atoms with Crippen molar-refractivity contribution in [3.8, 4) is 0 Å². The van der Waals surface area contributed by atoms with E-state index in [1.165, 1.54) is 10.9 Å². The number of hydrogen-bond donors (Lipinski definition) is 4. The molecular weight excluding hydrogens is 306 g/mol. The van der Waals surface area contributed by atoms with Gasteiger partial charge in [-0.15, -0.1) is 5.11 Å². The highest BCUT2D eigenvalue weighted by Crippen LogP contribution is 2.32. The number of anilines is 1. The number of nitrogens with two attached hydrogens (primary N) is 1. The van der Waals surface area contributed by atoms with Gasteiger partial charge in [-0.05, 0) is 6.92 Å². The van der Waals surface area contributed by atoms with E-state index in [1.807, 2.05) is 6.92 Å². The molecule has 3 rings (SSSR count). The van der Waals surface area contributed by atoms with Crippen LogP contribution >= 0.6 is 0 Å². The number of fused-ring (bicyclic) bond motifs is 1. The van der Waals surface area contributed by atoms with E-state index in [0.717, 1.165) is 0 Å². The summed E-state index contributed by atoms with van der Waals surface area (Å²) in [5.74, 6) is 0.177. The molecule has 0 radical (unpaired) electrons. The molecule has 1 fully saturated rings. The minimum atomic E-state index is -1.25. The van der Waals surface area contributed by atoms with E-state index in [9.17, 15) is 15.3 Å². The van der Waals surface area contributed by atoms with Gasteiger partial charge in [-0.25, -0.2) is 4.98 Å². The van der Waals surface area contributed by atoms with Crippen molar-refractivity contribution in [2.45, 2.75) is 31.5 Å². The molecule has 0 amide bonds. The predicted octanol–water partition coefficient (Wildman–Crippen LogP) is -0.876. The zero-order valence-electron chi connectivity index (χ0n) is 12.3. The number of rotatable bonds is 4. The quantitative estimate of drug-likeness (QED) is 0.527. The summed E-state index contributed by atoms with van der Waals surface area (Å²) >= 11 is 0. The number of hydrogen-bond acceptors (Lipinski definition) is 10. The molecule has 1 saturated heterocycles. The van der Waals surface area contributed by atoms with Gasteiger partial charge in [0, 0.05) is 0 Å². The first kappa shape index (κ1) is 15.7. The second-order valence-corrected chi connectivity index (χ2v) is 5.02. The standard InChI is InChI=1S/C12H17N7O4/c1-2-15-18-12-16-9(13)6-10(17-12)19(4-14-6)11-8(22)7(21)5(3-20)23-11/h4-5,7-8,11,20-22H,2-3H2,1H3,(H2,13,16,17)/t5-,7-,8-,11?/m1/s1. The van der Waals surface area contributed by atoms with Gasteiger partial charge in [-0.2, -0.15) is 15.1 Å².